The van der Waals surface area contributed by atoms with Gasteiger partial charge in [-0.25, -0.2) is 0 Å². The molecule has 0 bridgehead atoms. The molecule has 0 aromatic rings. The molecule has 2 saturated carbocycles. The molecule has 1 radical (unpaired) electrons. The van der Waals surface area contributed by atoms with E-state index >= 15 is 0 Å². The smallest absolute Gasteiger partial charge is 0.0738 e. The monoisotopic (exact) mass is 345 g/mol. The van der Waals surface area contributed by atoms with Crippen LogP contribution in [-0.4, -0.2) is 7.28 Å². The van der Waals surface area contributed by atoms with Crippen LogP contribution in [0.15, 0.2) is 0 Å². The molecular formula is C24H46B. The summed E-state index contributed by atoms with van der Waals surface area (Å²) in [5, 5.41) is 0.557. The van der Waals surface area contributed by atoms with Crippen molar-refractivity contribution in [3.05, 3.63) is 0 Å². The molecule has 0 saturated heterocycles. The minimum atomic E-state index is 0.557. The zero-order valence-electron chi connectivity index (χ0n) is 18.3. The van der Waals surface area contributed by atoms with Crippen LogP contribution in [0, 0.1) is 29.6 Å². The van der Waals surface area contributed by atoms with Gasteiger partial charge in [-0.1, -0.05) is 97.6 Å². The molecule has 2 aliphatic rings. The molecule has 0 aromatic heterocycles. The molecule has 0 amide bonds. The summed E-state index contributed by atoms with van der Waals surface area (Å²) in [4.78, 5) is 0. The second-order valence-corrected chi connectivity index (χ2v) is 10.6. The molecule has 0 N–H and O–H groups in total. The summed E-state index contributed by atoms with van der Waals surface area (Å²) >= 11 is 0. The van der Waals surface area contributed by atoms with Crippen molar-refractivity contribution < 1.29 is 0 Å². The highest BCUT2D eigenvalue weighted by atomic mass is 14.4. The van der Waals surface area contributed by atoms with Crippen molar-refractivity contribution in [2.24, 2.45) is 29.6 Å². The Labute approximate surface area is 160 Å². The Morgan fingerprint density at radius 1 is 0.760 bits per heavy atom. The van der Waals surface area contributed by atoms with Crippen LogP contribution < -0.4 is 0 Å². The molecule has 0 nitrogen and oxygen atoms in total. The molecule has 2 unspecified atom stereocenters. The maximum absolute atomic E-state index is 2.75. The Bertz CT molecular complexity index is 358. The summed E-state index contributed by atoms with van der Waals surface area (Å²) in [7, 11) is 2.75. The van der Waals surface area contributed by atoms with Gasteiger partial charge in [0.1, 0.15) is 7.28 Å². The first-order valence-corrected chi connectivity index (χ1v) is 11.7. The van der Waals surface area contributed by atoms with E-state index in [0.717, 1.165) is 35.4 Å². The van der Waals surface area contributed by atoms with Crippen molar-refractivity contribution in [3.8, 4) is 0 Å². The van der Waals surface area contributed by atoms with E-state index in [1.165, 1.54) is 70.6 Å². The molecule has 0 aliphatic heterocycles. The molecule has 145 valence electrons. The van der Waals surface area contributed by atoms with E-state index in [1.807, 2.05) is 0 Å². The number of rotatable bonds is 8. The fourth-order valence-electron chi connectivity index (χ4n) is 6.11. The summed E-state index contributed by atoms with van der Waals surface area (Å²) in [6.45, 7) is 14.8. The first-order valence-electron chi connectivity index (χ1n) is 11.7. The van der Waals surface area contributed by atoms with Crippen molar-refractivity contribution in [2.75, 3.05) is 0 Å². The lowest BCUT2D eigenvalue weighted by Gasteiger charge is -2.44. The van der Waals surface area contributed by atoms with Gasteiger partial charge in [0.15, 0.2) is 0 Å². The molecule has 0 aromatic carbocycles. The average Bonchev–Trinajstić information content (AvgIpc) is 2.59. The van der Waals surface area contributed by atoms with Crippen LogP contribution in [0.1, 0.15) is 112 Å². The van der Waals surface area contributed by atoms with Crippen LogP contribution >= 0.6 is 0 Å². The molecule has 0 heterocycles. The first kappa shape index (κ1) is 21.4. The van der Waals surface area contributed by atoms with Crippen LogP contribution in [0.3, 0.4) is 0 Å². The second-order valence-electron chi connectivity index (χ2n) is 10.6. The van der Waals surface area contributed by atoms with E-state index in [2.05, 4.69) is 48.8 Å². The second kappa shape index (κ2) is 9.84. The molecule has 2 atom stereocenters. The maximum Gasteiger partial charge on any atom is 0.121 e. The number of hydrogen-bond donors (Lipinski definition) is 0. The molecule has 2 rings (SSSR count). The highest BCUT2D eigenvalue weighted by Crippen LogP contribution is 2.52. The van der Waals surface area contributed by atoms with Crippen LogP contribution in [0.25, 0.3) is 0 Å². The Morgan fingerprint density at radius 2 is 1.32 bits per heavy atom. The lowest BCUT2D eigenvalue weighted by atomic mass is 9.38. The lowest BCUT2D eigenvalue weighted by Crippen LogP contribution is -2.32. The molecule has 0 spiro atoms. The third-order valence-electron chi connectivity index (χ3n) is 8.05. The van der Waals surface area contributed by atoms with Crippen LogP contribution in [0.5, 0.6) is 0 Å². The van der Waals surface area contributed by atoms with Gasteiger partial charge in [-0.05, 0) is 55.3 Å². The quantitative estimate of drug-likeness (QED) is 0.389. The first-order chi connectivity index (χ1) is 11.8. The molecular weight excluding hydrogens is 299 g/mol. The van der Waals surface area contributed by atoms with Gasteiger partial charge < -0.3 is 0 Å². The molecule has 2 fully saturated rings. The fourth-order valence-corrected chi connectivity index (χ4v) is 6.11. The van der Waals surface area contributed by atoms with Gasteiger partial charge in [-0.2, -0.15) is 0 Å². The zero-order chi connectivity index (χ0) is 18.4. The van der Waals surface area contributed by atoms with Gasteiger partial charge in [0.2, 0.25) is 0 Å². The van der Waals surface area contributed by atoms with Crippen LogP contribution in [0.4, 0.5) is 0 Å². The highest BCUT2D eigenvalue weighted by molar-refractivity contribution is 6.41. The Morgan fingerprint density at radius 3 is 1.84 bits per heavy atom. The van der Waals surface area contributed by atoms with E-state index in [9.17, 15) is 0 Å². The van der Waals surface area contributed by atoms with Crippen LogP contribution in [-0.2, 0) is 0 Å². The number of hydrogen-bond acceptors (Lipinski definition) is 0. The zero-order valence-corrected chi connectivity index (χ0v) is 18.3. The third-order valence-corrected chi connectivity index (χ3v) is 8.05. The normalized spacial score (nSPS) is 29.6. The van der Waals surface area contributed by atoms with Crippen molar-refractivity contribution in [1.82, 2.24) is 0 Å². The maximum atomic E-state index is 2.75. The summed E-state index contributed by atoms with van der Waals surface area (Å²) in [5.41, 5.74) is 0. The van der Waals surface area contributed by atoms with Gasteiger partial charge in [0.05, 0.1) is 0 Å². The topological polar surface area (TPSA) is 0 Å². The van der Waals surface area contributed by atoms with Gasteiger partial charge in [0, 0.05) is 0 Å². The van der Waals surface area contributed by atoms with Gasteiger partial charge >= 0.3 is 0 Å². The third kappa shape index (κ3) is 6.03. The van der Waals surface area contributed by atoms with Crippen molar-refractivity contribution in [3.63, 3.8) is 0 Å². The van der Waals surface area contributed by atoms with E-state index in [0.29, 0.717) is 5.31 Å². The highest BCUT2D eigenvalue weighted by Gasteiger charge is 2.38. The Hall–Kier alpha value is 0.0649. The van der Waals surface area contributed by atoms with E-state index in [4.69, 9.17) is 0 Å². The Kier molecular flexibility index (Phi) is 8.41. The predicted molar refractivity (Wildman–Crippen MR) is 114 cm³/mol. The SMILES string of the molecule is CC(C)[B]C1(C(C)CCC(C)C2CCC(C(C)C)CC2)CCCCC1. The van der Waals surface area contributed by atoms with Gasteiger partial charge in [-0.3, -0.25) is 0 Å². The summed E-state index contributed by atoms with van der Waals surface area (Å²) < 4.78 is 0. The fraction of sp³-hybridized carbons (Fsp3) is 1.00. The van der Waals surface area contributed by atoms with Gasteiger partial charge in [-0.15, -0.1) is 0 Å². The van der Waals surface area contributed by atoms with Crippen LogP contribution in [0.2, 0.25) is 11.1 Å². The molecule has 1 heteroatoms. The van der Waals surface area contributed by atoms with E-state index < -0.39 is 0 Å². The lowest BCUT2D eigenvalue weighted by molar-refractivity contribution is 0.166. The van der Waals surface area contributed by atoms with Crippen molar-refractivity contribution >= 4 is 7.28 Å². The predicted octanol–water partition coefficient (Wildman–Crippen LogP) is 8.16. The van der Waals surface area contributed by atoms with E-state index in [1.54, 1.807) is 0 Å². The minimum Gasteiger partial charge on any atom is -0.0738 e. The largest absolute Gasteiger partial charge is 0.121 e. The average molecular weight is 345 g/mol. The minimum absolute atomic E-state index is 0.557. The Balaban J connectivity index is 1.82. The summed E-state index contributed by atoms with van der Waals surface area (Å²) in [5.74, 6) is 5.48. The van der Waals surface area contributed by atoms with E-state index in [-0.39, 0.29) is 0 Å². The standard InChI is InChI=1S/C24H46B/c1-18(2)22-12-14-23(15-13-22)20(5)10-11-21(6)24(25-19(3)4)16-8-7-9-17-24/h18-23H,7-17H2,1-6H3. The molecule has 2 aliphatic carbocycles. The van der Waals surface area contributed by atoms with Gasteiger partial charge in [0.25, 0.3) is 0 Å². The van der Waals surface area contributed by atoms with Crippen molar-refractivity contribution in [1.29, 1.82) is 0 Å². The van der Waals surface area contributed by atoms with Crippen molar-refractivity contribution in [2.45, 2.75) is 123 Å². The summed E-state index contributed by atoms with van der Waals surface area (Å²) in [6, 6.07) is 0. The summed E-state index contributed by atoms with van der Waals surface area (Å²) in [6.07, 6.45) is 16.2. The molecule has 25 heavy (non-hydrogen) atoms.